The van der Waals surface area contributed by atoms with E-state index in [0.29, 0.717) is 18.7 Å². The number of amides is 2. The number of halogens is 1. The molecule has 1 saturated heterocycles. The van der Waals surface area contributed by atoms with Gasteiger partial charge in [0.25, 0.3) is 5.91 Å². The second-order valence-corrected chi connectivity index (χ2v) is 5.98. The Morgan fingerprint density at radius 3 is 2.96 bits per heavy atom. The molecule has 1 aromatic heterocycles. The number of aromatic nitrogens is 2. The van der Waals surface area contributed by atoms with E-state index in [2.05, 4.69) is 4.98 Å². The Hall–Kier alpha value is -2.70. The topological polar surface area (TPSA) is 81.2 Å². The van der Waals surface area contributed by atoms with Crippen LogP contribution < -0.4 is 5.73 Å². The number of carbonyl (C=O) groups excluding carboxylic acids is 2. The zero-order chi connectivity index (χ0) is 17.1. The molecule has 0 unspecified atom stereocenters. The van der Waals surface area contributed by atoms with Crippen LogP contribution in [-0.4, -0.2) is 39.4 Å². The molecule has 0 spiro atoms. The van der Waals surface area contributed by atoms with Crippen molar-refractivity contribution < 1.29 is 14.0 Å². The van der Waals surface area contributed by atoms with Crippen LogP contribution in [0.2, 0.25) is 0 Å². The minimum atomic E-state index is -0.433. The summed E-state index contributed by atoms with van der Waals surface area (Å²) in [5, 5.41) is 0. The molecule has 0 saturated carbocycles. The molecule has 0 bridgehead atoms. The Kier molecular flexibility index (Phi) is 4.59. The van der Waals surface area contributed by atoms with E-state index in [1.165, 1.54) is 18.2 Å². The van der Waals surface area contributed by atoms with Gasteiger partial charge in [0.2, 0.25) is 5.91 Å². The summed E-state index contributed by atoms with van der Waals surface area (Å²) in [6.07, 6.45) is 5.05. The van der Waals surface area contributed by atoms with Crippen LogP contribution >= 0.6 is 0 Å². The molecule has 2 aromatic rings. The molecule has 3 rings (SSSR count). The van der Waals surface area contributed by atoms with Crippen molar-refractivity contribution in [2.24, 2.45) is 5.73 Å². The molecule has 2 heterocycles. The lowest BCUT2D eigenvalue weighted by Gasteiger charge is -2.32. The fraction of sp³-hybridized carbons (Fsp3) is 0.353. The second kappa shape index (κ2) is 6.82. The van der Waals surface area contributed by atoms with Gasteiger partial charge < -0.3 is 15.2 Å². The number of likely N-dealkylation sites (tertiary alicyclic amines) is 1. The Bertz CT molecular complexity index is 759. The average Bonchev–Trinajstić information content (AvgIpc) is 3.01. The number of carbonyl (C=O) groups is 2. The van der Waals surface area contributed by atoms with Gasteiger partial charge in [-0.05, 0) is 31.0 Å². The molecule has 1 aliphatic rings. The van der Waals surface area contributed by atoms with Gasteiger partial charge in [0, 0.05) is 37.0 Å². The number of primary amides is 1. The number of piperidine rings is 1. The van der Waals surface area contributed by atoms with E-state index < -0.39 is 11.7 Å². The number of rotatable bonds is 4. The van der Waals surface area contributed by atoms with E-state index in [4.69, 9.17) is 5.73 Å². The monoisotopic (exact) mass is 330 g/mol. The highest BCUT2D eigenvalue weighted by atomic mass is 19.1. The molecule has 7 heteroatoms. The second-order valence-electron chi connectivity index (χ2n) is 5.98. The van der Waals surface area contributed by atoms with E-state index in [9.17, 15) is 14.0 Å². The summed E-state index contributed by atoms with van der Waals surface area (Å²) in [7, 11) is 0. The predicted octanol–water partition coefficient (Wildman–Crippen LogP) is 1.53. The first kappa shape index (κ1) is 16.2. The van der Waals surface area contributed by atoms with E-state index in [0.717, 1.165) is 18.7 Å². The first-order valence-electron chi connectivity index (χ1n) is 7.89. The highest BCUT2D eigenvalue weighted by molar-refractivity contribution is 5.94. The van der Waals surface area contributed by atoms with Crippen LogP contribution in [0.15, 0.2) is 36.7 Å². The highest BCUT2D eigenvalue weighted by Crippen LogP contribution is 2.27. The predicted molar refractivity (Wildman–Crippen MR) is 85.7 cm³/mol. The fourth-order valence-electron chi connectivity index (χ4n) is 3.16. The van der Waals surface area contributed by atoms with Crippen LogP contribution in [0.3, 0.4) is 0 Å². The van der Waals surface area contributed by atoms with E-state index in [-0.39, 0.29) is 18.4 Å². The lowest BCUT2D eigenvalue weighted by atomic mass is 9.96. The third-order valence-corrected chi connectivity index (χ3v) is 4.22. The Balaban J connectivity index is 1.76. The molecular weight excluding hydrogens is 311 g/mol. The van der Waals surface area contributed by atoms with E-state index >= 15 is 0 Å². The number of benzene rings is 1. The maximum atomic E-state index is 13.3. The zero-order valence-corrected chi connectivity index (χ0v) is 13.2. The van der Waals surface area contributed by atoms with Crippen LogP contribution in [0.5, 0.6) is 0 Å². The van der Waals surface area contributed by atoms with Crippen LogP contribution in [0.25, 0.3) is 0 Å². The van der Waals surface area contributed by atoms with Gasteiger partial charge in [-0.15, -0.1) is 0 Å². The quantitative estimate of drug-likeness (QED) is 0.923. The largest absolute Gasteiger partial charge is 0.368 e. The summed E-state index contributed by atoms with van der Waals surface area (Å²) in [6, 6.07) is 5.71. The molecule has 6 nitrogen and oxygen atoms in total. The van der Waals surface area contributed by atoms with Gasteiger partial charge in [-0.3, -0.25) is 9.59 Å². The van der Waals surface area contributed by atoms with Crippen molar-refractivity contribution in [2.45, 2.75) is 25.3 Å². The number of hydrogen-bond acceptors (Lipinski definition) is 3. The molecule has 1 aromatic carbocycles. The smallest absolute Gasteiger partial charge is 0.253 e. The van der Waals surface area contributed by atoms with Crippen molar-refractivity contribution in [3.63, 3.8) is 0 Å². The first-order chi connectivity index (χ1) is 11.5. The van der Waals surface area contributed by atoms with Crippen molar-refractivity contribution in [3.8, 4) is 0 Å². The molecule has 1 fully saturated rings. The summed E-state index contributed by atoms with van der Waals surface area (Å²) in [5.74, 6) is -0.257. The molecule has 126 valence electrons. The number of nitrogens with zero attached hydrogens (tertiary/aromatic N) is 3. The molecule has 0 radical (unpaired) electrons. The van der Waals surface area contributed by atoms with Crippen molar-refractivity contribution in [3.05, 3.63) is 53.9 Å². The summed E-state index contributed by atoms with van der Waals surface area (Å²) < 4.78 is 15.1. The molecule has 2 amide bonds. The standard InChI is InChI=1S/C17H19FN4O2/c18-14-5-1-3-12(9-14)17(24)22-7-2-4-13(10-22)16-20-6-8-21(16)11-15(19)23/h1,3,5-6,8-9,13H,2,4,7,10-11H2,(H2,19,23)/t13-/m0/s1. The van der Waals surface area contributed by atoms with Gasteiger partial charge in [-0.2, -0.15) is 0 Å². The van der Waals surface area contributed by atoms with Crippen molar-refractivity contribution in [2.75, 3.05) is 13.1 Å². The third-order valence-electron chi connectivity index (χ3n) is 4.22. The minimum absolute atomic E-state index is 0.0330. The minimum Gasteiger partial charge on any atom is -0.368 e. The van der Waals surface area contributed by atoms with Crippen molar-refractivity contribution >= 4 is 11.8 Å². The fourth-order valence-corrected chi connectivity index (χ4v) is 3.16. The Morgan fingerprint density at radius 1 is 1.38 bits per heavy atom. The summed E-state index contributed by atoms with van der Waals surface area (Å²) in [4.78, 5) is 29.8. The number of imidazole rings is 1. The summed E-state index contributed by atoms with van der Waals surface area (Å²) in [5.41, 5.74) is 5.60. The molecule has 2 N–H and O–H groups in total. The molecule has 1 atom stereocenters. The lowest BCUT2D eigenvalue weighted by Crippen LogP contribution is -2.40. The molecule has 24 heavy (non-hydrogen) atoms. The first-order valence-corrected chi connectivity index (χ1v) is 7.89. The van der Waals surface area contributed by atoms with Crippen molar-refractivity contribution in [1.82, 2.24) is 14.5 Å². The normalized spacial score (nSPS) is 17.7. The van der Waals surface area contributed by atoms with Crippen LogP contribution in [0.4, 0.5) is 4.39 Å². The maximum absolute atomic E-state index is 13.3. The summed E-state index contributed by atoms with van der Waals surface area (Å²) >= 11 is 0. The number of hydrogen-bond donors (Lipinski definition) is 1. The Labute approximate surface area is 139 Å². The van der Waals surface area contributed by atoms with Crippen molar-refractivity contribution in [1.29, 1.82) is 0 Å². The molecule has 1 aliphatic heterocycles. The third kappa shape index (κ3) is 3.45. The molecular formula is C17H19FN4O2. The van der Waals surface area contributed by atoms with Gasteiger partial charge in [-0.1, -0.05) is 6.07 Å². The van der Waals surface area contributed by atoms with Crippen LogP contribution in [-0.2, 0) is 11.3 Å². The van der Waals surface area contributed by atoms with Gasteiger partial charge >= 0.3 is 0 Å². The molecule has 0 aliphatic carbocycles. The average molecular weight is 330 g/mol. The van der Waals surface area contributed by atoms with Gasteiger partial charge in [0.05, 0.1) is 0 Å². The Morgan fingerprint density at radius 2 is 2.21 bits per heavy atom. The number of nitrogens with two attached hydrogens (primary N) is 1. The summed E-state index contributed by atoms with van der Waals surface area (Å²) in [6.45, 7) is 1.19. The van der Waals surface area contributed by atoms with Crippen LogP contribution in [0, 0.1) is 5.82 Å². The van der Waals surface area contributed by atoms with E-state index in [1.807, 2.05) is 0 Å². The maximum Gasteiger partial charge on any atom is 0.253 e. The lowest BCUT2D eigenvalue weighted by molar-refractivity contribution is -0.118. The van der Waals surface area contributed by atoms with Gasteiger partial charge in [0.15, 0.2) is 0 Å². The van der Waals surface area contributed by atoms with Gasteiger partial charge in [-0.25, -0.2) is 9.37 Å². The zero-order valence-electron chi connectivity index (χ0n) is 13.2. The highest BCUT2D eigenvalue weighted by Gasteiger charge is 2.28. The van der Waals surface area contributed by atoms with Gasteiger partial charge in [0.1, 0.15) is 18.2 Å². The van der Waals surface area contributed by atoms with E-state index in [1.54, 1.807) is 27.9 Å². The SMILES string of the molecule is NC(=O)Cn1ccnc1[C@H]1CCCN(C(=O)c2cccc(F)c2)C1. The van der Waals surface area contributed by atoms with Crippen LogP contribution in [0.1, 0.15) is 34.9 Å².